The van der Waals surface area contributed by atoms with Crippen molar-refractivity contribution in [2.24, 2.45) is 0 Å². The molecule has 0 saturated carbocycles. The molecule has 0 unspecified atom stereocenters. The van der Waals surface area contributed by atoms with Gasteiger partial charge in [-0.05, 0) is 25.6 Å². The number of ether oxygens (including phenoxy) is 1. The molecule has 0 amide bonds. The van der Waals surface area contributed by atoms with Crippen molar-refractivity contribution < 1.29 is 13.2 Å². The van der Waals surface area contributed by atoms with Gasteiger partial charge in [-0.3, -0.25) is 4.90 Å². The molecule has 0 radical (unpaired) electrons. The summed E-state index contributed by atoms with van der Waals surface area (Å²) in [6, 6.07) is 4.89. The lowest BCUT2D eigenvalue weighted by molar-refractivity contribution is -0.0840. The molecule has 1 aromatic heterocycles. The third-order valence-electron chi connectivity index (χ3n) is 4.32. The second kappa shape index (κ2) is 5.93. The normalized spacial score (nSPS) is 27.1. The summed E-state index contributed by atoms with van der Waals surface area (Å²) in [5.41, 5.74) is -0.0575. The van der Waals surface area contributed by atoms with Crippen LogP contribution in [-0.2, 0) is 14.8 Å². The molecule has 2 atom stereocenters. The highest BCUT2D eigenvalue weighted by Gasteiger charge is 2.40. The summed E-state index contributed by atoms with van der Waals surface area (Å²) in [5.74, 6) is 0. The van der Waals surface area contributed by atoms with E-state index in [0.29, 0.717) is 26.1 Å². The Balaban J connectivity index is 1.89. The largest absolute Gasteiger partial charge is 0.375 e. The van der Waals surface area contributed by atoms with Crippen LogP contribution >= 0.6 is 0 Å². The zero-order valence-corrected chi connectivity index (χ0v) is 13.2. The van der Waals surface area contributed by atoms with Crippen LogP contribution in [0.25, 0.3) is 0 Å². The molecule has 2 fully saturated rings. The first-order valence-corrected chi connectivity index (χ1v) is 8.65. The Kier molecular flexibility index (Phi) is 4.14. The Morgan fingerprint density at radius 1 is 1.45 bits per heavy atom. The van der Waals surface area contributed by atoms with E-state index in [1.54, 1.807) is 0 Å². The second-order valence-corrected chi connectivity index (χ2v) is 7.48. The van der Waals surface area contributed by atoms with Crippen molar-refractivity contribution in [2.75, 3.05) is 33.3 Å². The molecule has 22 heavy (non-hydrogen) atoms. The first-order chi connectivity index (χ1) is 10.5. The number of likely N-dealkylation sites (N-methyl/N-ethyl adjacent to an activating group) is 1. The fraction of sp³-hybridized carbons (Fsp3) is 0.571. The topological polar surface area (TPSA) is 86.5 Å². The Morgan fingerprint density at radius 3 is 3.05 bits per heavy atom. The highest BCUT2D eigenvalue weighted by Crippen LogP contribution is 2.27. The van der Waals surface area contributed by atoms with Gasteiger partial charge in [-0.25, -0.2) is 13.4 Å². The predicted molar refractivity (Wildman–Crippen MR) is 78.5 cm³/mol. The van der Waals surface area contributed by atoms with Crippen LogP contribution < -0.4 is 0 Å². The smallest absolute Gasteiger partial charge is 0.246 e. The van der Waals surface area contributed by atoms with Gasteiger partial charge < -0.3 is 4.74 Å². The van der Waals surface area contributed by atoms with Crippen LogP contribution in [0.5, 0.6) is 0 Å². The lowest BCUT2D eigenvalue weighted by Crippen LogP contribution is -2.59. The summed E-state index contributed by atoms with van der Waals surface area (Å²) in [4.78, 5) is 5.98. The van der Waals surface area contributed by atoms with E-state index in [0.717, 1.165) is 6.54 Å². The first-order valence-electron chi connectivity index (χ1n) is 7.21. The monoisotopic (exact) mass is 322 g/mol. The van der Waals surface area contributed by atoms with E-state index < -0.39 is 10.0 Å². The lowest BCUT2D eigenvalue weighted by atomic mass is 10.0. The van der Waals surface area contributed by atoms with Gasteiger partial charge in [-0.15, -0.1) is 0 Å². The Bertz CT molecular complexity index is 700. The van der Waals surface area contributed by atoms with Gasteiger partial charge in [0.1, 0.15) is 11.0 Å². The van der Waals surface area contributed by atoms with Crippen LogP contribution in [0.3, 0.4) is 0 Å². The minimum absolute atomic E-state index is 0.0182. The maximum Gasteiger partial charge on any atom is 0.246 e. The van der Waals surface area contributed by atoms with E-state index in [1.165, 1.54) is 22.6 Å². The Hall–Kier alpha value is -1.53. The summed E-state index contributed by atoms with van der Waals surface area (Å²) in [6.07, 6.45) is 2.16. The number of hydrogen-bond acceptors (Lipinski definition) is 6. The fourth-order valence-electron chi connectivity index (χ4n) is 3.05. The predicted octanol–water partition coefficient (Wildman–Crippen LogP) is 0.0469. The van der Waals surface area contributed by atoms with E-state index >= 15 is 0 Å². The summed E-state index contributed by atoms with van der Waals surface area (Å²) in [5, 5.41) is 9.09. The molecular formula is C14H18N4O3S. The molecule has 0 spiro atoms. The number of sulfonamides is 1. The SMILES string of the molecule is CN1CCO[C@@H]2CCN(S(=O)(=O)c3cccnc3C#N)C[C@@H]21. The Morgan fingerprint density at radius 2 is 2.27 bits per heavy atom. The minimum Gasteiger partial charge on any atom is -0.375 e. The van der Waals surface area contributed by atoms with E-state index in [4.69, 9.17) is 10.00 Å². The van der Waals surface area contributed by atoms with Crippen molar-refractivity contribution in [3.63, 3.8) is 0 Å². The maximum absolute atomic E-state index is 12.8. The standard InChI is InChI=1S/C14H18N4O3S/c1-17-7-8-21-13-4-6-18(10-12(13)17)22(19,20)14-3-2-5-16-11(14)9-15/h2-3,5,12-13H,4,6-8,10H2,1H3/t12-,13+/m0/s1. The third kappa shape index (κ3) is 2.61. The van der Waals surface area contributed by atoms with Crippen molar-refractivity contribution in [3.05, 3.63) is 24.0 Å². The Labute approximate surface area is 130 Å². The summed E-state index contributed by atoms with van der Waals surface area (Å²) < 4.78 is 32.8. The lowest BCUT2D eigenvalue weighted by Gasteiger charge is -2.45. The number of morpholine rings is 1. The number of fused-ring (bicyclic) bond motifs is 1. The van der Waals surface area contributed by atoms with Crippen LogP contribution in [0.15, 0.2) is 23.2 Å². The quantitative estimate of drug-likeness (QED) is 0.764. The number of pyridine rings is 1. The highest BCUT2D eigenvalue weighted by atomic mass is 32.2. The van der Waals surface area contributed by atoms with Crippen LogP contribution in [0.4, 0.5) is 0 Å². The molecule has 7 nitrogen and oxygen atoms in total. The molecule has 0 N–H and O–H groups in total. The number of piperidine rings is 1. The third-order valence-corrected chi connectivity index (χ3v) is 6.22. The van der Waals surface area contributed by atoms with Crippen LogP contribution in [0.1, 0.15) is 12.1 Å². The molecule has 2 aliphatic heterocycles. The number of hydrogen-bond donors (Lipinski definition) is 0. The molecule has 0 aliphatic carbocycles. The van der Waals surface area contributed by atoms with Crippen molar-refractivity contribution in [2.45, 2.75) is 23.5 Å². The van der Waals surface area contributed by atoms with Gasteiger partial charge in [0.25, 0.3) is 0 Å². The first kappa shape index (κ1) is 15.4. The maximum atomic E-state index is 12.8. The zero-order chi connectivity index (χ0) is 15.7. The van der Waals surface area contributed by atoms with Gasteiger partial charge in [0.15, 0.2) is 5.69 Å². The van der Waals surface area contributed by atoms with Crippen molar-refractivity contribution >= 4 is 10.0 Å². The van der Waals surface area contributed by atoms with Crippen LogP contribution in [0.2, 0.25) is 0 Å². The molecular weight excluding hydrogens is 304 g/mol. The minimum atomic E-state index is -3.71. The summed E-state index contributed by atoms with van der Waals surface area (Å²) in [6.45, 7) is 2.26. The average Bonchev–Trinajstić information content (AvgIpc) is 2.55. The molecule has 3 heterocycles. The molecule has 0 aromatic carbocycles. The van der Waals surface area contributed by atoms with Gasteiger partial charge >= 0.3 is 0 Å². The molecule has 2 aliphatic rings. The van der Waals surface area contributed by atoms with Gasteiger partial charge in [-0.1, -0.05) is 0 Å². The molecule has 118 valence electrons. The summed E-state index contributed by atoms with van der Waals surface area (Å²) >= 11 is 0. The molecule has 8 heteroatoms. The number of aromatic nitrogens is 1. The second-order valence-electron chi connectivity index (χ2n) is 5.57. The number of nitriles is 1. The fourth-order valence-corrected chi connectivity index (χ4v) is 4.62. The molecule has 2 saturated heterocycles. The van der Waals surface area contributed by atoms with Crippen molar-refractivity contribution in [1.82, 2.24) is 14.2 Å². The van der Waals surface area contributed by atoms with Gasteiger partial charge in [-0.2, -0.15) is 9.57 Å². The van der Waals surface area contributed by atoms with E-state index in [9.17, 15) is 8.42 Å². The van der Waals surface area contributed by atoms with Crippen molar-refractivity contribution in [3.8, 4) is 6.07 Å². The number of rotatable bonds is 2. The average molecular weight is 322 g/mol. The highest BCUT2D eigenvalue weighted by molar-refractivity contribution is 7.89. The van der Waals surface area contributed by atoms with E-state index in [2.05, 4.69) is 9.88 Å². The van der Waals surface area contributed by atoms with Gasteiger partial charge in [0, 0.05) is 31.9 Å². The van der Waals surface area contributed by atoms with Gasteiger partial charge in [0.05, 0.1) is 12.7 Å². The molecule has 3 rings (SSSR count). The summed E-state index contributed by atoms with van der Waals surface area (Å²) in [7, 11) is -1.73. The number of nitrogens with zero attached hydrogens (tertiary/aromatic N) is 4. The van der Waals surface area contributed by atoms with Crippen molar-refractivity contribution in [1.29, 1.82) is 5.26 Å². The molecule has 1 aromatic rings. The molecule has 0 bridgehead atoms. The van der Waals surface area contributed by atoms with E-state index in [1.807, 2.05) is 13.1 Å². The van der Waals surface area contributed by atoms with Gasteiger partial charge in [0.2, 0.25) is 10.0 Å². The zero-order valence-electron chi connectivity index (χ0n) is 12.3. The van der Waals surface area contributed by atoms with Crippen LogP contribution in [-0.4, -0.2) is 68.0 Å². The van der Waals surface area contributed by atoms with E-state index in [-0.39, 0.29) is 22.7 Å². The van der Waals surface area contributed by atoms with Crippen LogP contribution in [0, 0.1) is 11.3 Å².